The van der Waals surface area contributed by atoms with Crippen LogP contribution >= 0.6 is 0 Å². The summed E-state index contributed by atoms with van der Waals surface area (Å²) in [6.45, 7) is 2.71. The van der Waals surface area contributed by atoms with E-state index in [4.69, 9.17) is 9.15 Å². The normalized spacial score (nSPS) is 20.6. The van der Waals surface area contributed by atoms with Crippen LogP contribution in [0.1, 0.15) is 40.4 Å². The van der Waals surface area contributed by atoms with Crippen LogP contribution in [0.2, 0.25) is 0 Å². The van der Waals surface area contributed by atoms with Crippen LogP contribution in [-0.2, 0) is 18.3 Å². The number of fused-ring (bicyclic) bond motifs is 1. The summed E-state index contributed by atoms with van der Waals surface area (Å²) < 4.78 is 12.9. The zero-order chi connectivity index (χ0) is 15.8. The van der Waals surface area contributed by atoms with Gasteiger partial charge in [0.15, 0.2) is 0 Å². The van der Waals surface area contributed by atoms with Gasteiger partial charge >= 0.3 is 0 Å². The molecule has 122 valence electrons. The molecule has 2 aliphatic rings. The van der Waals surface area contributed by atoms with Gasteiger partial charge in [-0.1, -0.05) is 0 Å². The lowest BCUT2D eigenvalue weighted by molar-refractivity contribution is 0.0620. The topological polar surface area (TPSA) is 60.5 Å². The molecule has 6 heteroatoms. The molecule has 6 nitrogen and oxygen atoms in total. The quantitative estimate of drug-likeness (QED) is 0.848. The standard InChI is InChI=1S/C17H21N3O3/c1-19-16-14(6-18-19)7-20(17(21)13-4-5-22-10-13)8-15(16)11-23-9-12-2-3-12/h4-6,10,12,15H,2-3,7-9,11H2,1H3/t15-/m0/s1. The largest absolute Gasteiger partial charge is 0.472 e. The van der Waals surface area contributed by atoms with Crippen LogP contribution in [-0.4, -0.2) is 40.3 Å². The van der Waals surface area contributed by atoms with E-state index in [0.717, 1.165) is 18.1 Å². The minimum Gasteiger partial charge on any atom is -0.472 e. The minimum absolute atomic E-state index is 0.000413. The van der Waals surface area contributed by atoms with Crippen molar-refractivity contribution in [2.24, 2.45) is 13.0 Å². The predicted molar refractivity (Wildman–Crippen MR) is 82.9 cm³/mol. The molecule has 1 aliphatic carbocycles. The Labute approximate surface area is 135 Å². The van der Waals surface area contributed by atoms with Gasteiger partial charge in [-0.2, -0.15) is 5.10 Å². The highest BCUT2D eigenvalue weighted by atomic mass is 16.5. The zero-order valence-electron chi connectivity index (χ0n) is 13.3. The van der Waals surface area contributed by atoms with Crippen molar-refractivity contribution in [2.45, 2.75) is 25.3 Å². The Morgan fingerprint density at radius 2 is 2.30 bits per heavy atom. The van der Waals surface area contributed by atoms with Crippen molar-refractivity contribution in [3.05, 3.63) is 41.6 Å². The first-order valence-electron chi connectivity index (χ1n) is 8.12. The highest BCUT2D eigenvalue weighted by Gasteiger charge is 2.32. The van der Waals surface area contributed by atoms with E-state index >= 15 is 0 Å². The smallest absolute Gasteiger partial charge is 0.257 e. The third kappa shape index (κ3) is 2.91. The molecule has 1 fully saturated rings. The Hall–Kier alpha value is -2.08. The molecule has 0 spiro atoms. The molecule has 4 rings (SSSR count). The number of aryl methyl sites for hydroxylation is 1. The molecule has 0 saturated heterocycles. The number of carbonyl (C=O) groups excluding carboxylic acids is 1. The summed E-state index contributed by atoms with van der Waals surface area (Å²) in [5.41, 5.74) is 2.89. The summed E-state index contributed by atoms with van der Waals surface area (Å²) in [5, 5.41) is 4.37. The van der Waals surface area contributed by atoms with Gasteiger partial charge < -0.3 is 14.1 Å². The fraction of sp³-hybridized carbons (Fsp3) is 0.529. The molecule has 1 amide bonds. The lowest BCUT2D eigenvalue weighted by atomic mass is 9.96. The summed E-state index contributed by atoms with van der Waals surface area (Å²) >= 11 is 0. The van der Waals surface area contributed by atoms with Crippen molar-refractivity contribution in [2.75, 3.05) is 19.8 Å². The molecule has 0 aromatic carbocycles. The van der Waals surface area contributed by atoms with Gasteiger partial charge in [0.2, 0.25) is 0 Å². The van der Waals surface area contributed by atoms with Gasteiger partial charge in [0.05, 0.1) is 30.3 Å². The first-order chi connectivity index (χ1) is 11.2. The monoisotopic (exact) mass is 315 g/mol. The van der Waals surface area contributed by atoms with Crippen LogP contribution in [0.4, 0.5) is 0 Å². The predicted octanol–water partition coefficient (Wildman–Crippen LogP) is 2.18. The fourth-order valence-corrected chi connectivity index (χ4v) is 3.28. The van der Waals surface area contributed by atoms with Gasteiger partial charge in [0.1, 0.15) is 6.26 Å². The summed E-state index contributed by atoms with van der Waals surface area (Å²) in [6.07, 6.45) is 7.46. The number of amides is 1. The molecule has 0 unspecified atom stereocenters. The van der Waals surface area contributed by atoms with Crippen molar-refractivity contribution in [1.82, 2.24) is 14.7 Å². The molecular weight excluding hydrogens is 294 g/mol. The van der Waals surface area contributed by atoms with Crippen LogP contribution in [0.25, 0.3) is 0 Å². The van der Waals surface area contributed by atoms with Gasteiger partial charge in [-0.3, -0.25) is 9.48 Å². The summed E-state index contributed by atoms with van der Waals surface area (Å²) in [7, 11) is 1.96. The molecule has 1 atom stereocenters. The first-order valence-corrected chi connectivity index (χ1v) is 8.12. The molecular formula is C17H21N3O3. The first kappa shape index (κ1) is 14.5. The minimum atomic E-state index is 0.000413. The third-order valence-electron chi connectivity index (χ3n) is 4.68. The lowest BCUT2D eigenvalue weighted by Crippen LogP contribution is -2.40. The summed E-state index contributed by atoms with van der Waals surface area (Å²) in [5.74, 6) is 0.912. The van der Waals surface area contributed by atoms with Gasteiger partial charge in [0.25, 0.3) is 5.91 Å². The van der Waals surface area contributed by atoms with Crippen LogP contribution in [0.15, 0.2) is 29.2 Å². The maximum atomic E-state index is 12.6. The highest BCUT2D eigenvalue weighted by molar-refractivity contribution is 5.94. The SMILES string of the molecule is Cn1ncc2c1[C@H](COCC1CC1)CN(C(=O)c1ccoc1)C2. The van der Waals surface area contributed by atoms with E-state index in [9.17, 15) is 4.79 Å². The maximum absolute atomic E-state index is 12.6. The lowest BCUT2D eigenvalue weighted by Gasteiger charge is -2.33. The van der Waals surface area contributed by atoms with Crippen molar-refractivity contribution < 1.29 is 13.9 Å². The maximum Gasteiger partial charge on any atom is 0.257 e. The molecule has 0 bridgehead atoms. The number of ether oxygens (including phenoxy) is 1. The van der Waals surface area contributed by atoms with E-state index < -0.39 is 0 Å². The third-order valence-corrected chi connectivity index (χ3v) is 4.68. The molecule has 3 heterocycles. The van der Waals surface area contributed by atoms with Crippen molar-refractivity contribution in [1.29, 1.82) is 0 Å². The van der Waals surface area contributed by atoms with Crippen molar-refractivity contribution in [3.63, 3.8) is 0 Å². The Kier molecular flexibility index (Phi) is 3.69. The number of hydrogen-bond donors (Lipinski definition) is 0. The van der Waals surface area contributed by atoms with E-state index in [1.54, 1.807) is 6.07 Å². The zero-order valence-corrected chi connectivity index (χ0v) is 13.3. The molecule has 2 aromatic heterocycles. The second-order valence-corrected chi connectivity index (χ2v) is 6.55. The molecule has 1 saturated carbocycles. The van der Waals surface area contributed by atoms with E-state index in [-0.39, 0.29) is 11.8 Å². The van der Waals surface area contributed by atoms with E-state index in [2.05, 4.69) is 5.10 Å². The summed E-state index contributed by atoms with van der Waals surface area (Å²) in [6, 6.07) is 1.71. The van der Waals surface area contributed by atoms with Gasteiger partial charge in [-0.05, 0) is 24.8 Å². The second kappa shape index (κ2) is 5.85. The van der Waals surface area contributed by atoms with E-state index in [0.29, 0.717) is 25.3 Å². The average Bonchev–Trinajstić information content (AvgIpc) is 3.07. The Morgan fingerprint density at radius 1 is 1.43 bits per heavy atom. The number of aromatic nitrogens is 2. The van der Waals surface area contributed by atoms with Crippen LogP contribution in [0, 0.1) is 5.92 Å². The summed E-state index contributed by atoms with van der Waals surface area (Å²) in [4.78, 5) is 14.5. The molecule has 0 radical (unpaired) electrons. The van der Waals surface area contributed by atoms with Gasteiger partial charge in [-0.25, -0.2) is 0 Å². The van der Waals surface area contributed by atoms with Crippen molar-refractivity contribution >= 4 is 5.91 Å². The second-order valence-electron chi connectivity index (χ2n) is 6.55. The Bertz CT molecular complexity index is 688. The van der Waals surface area contributed by atoms with Crippen LogP contribution < -0.4 is 0 Å². The highest BCUT2D eigenvalue weighted by Crippen LogP contribution is 2.32. The van der Waals surface area contributed by atoms with E-state index in [1.807, 2.05) is 22.8 Å². The Balaban J connectivity index is 1.51. The molecule has 2 aromatic rings. The van der Waals surface area contributed by atoms with Crippen LogP contribution in [0.5, 0.6) is 0 Å². The number of nitrogens with zero attached hydrogens (tertiary/aromatic N) is 3. The fourth-order valence-electron chi connectivity index (χ4n) is 3.28. The number of carbonyl (C=O) groups is 1. The van der Waals surface area contributed by atoms with Crippen LogP contribution in [0.3, 0.4) is 0 Å². The molecule has 1 aliphatic heterocycles. The number of hydrogen-bond acceptors (Lipinski definition) is 4. The number of rotatable bonds is 5. The molecule has 0 N–H and O–H groups in total. The average molecular weight is 315 g/mol. The van der Waals surface area contributed by atoms with Gasteiger partial charge in [-0.15, -0.1) is 0 Å². The number of furan rings is 1. The Morgan fingerprint density at radius 3 is 3.04 bits per heavy atom. The molecule has 23 heavy (non-hydrogen) atoms. The van der Waals surface area contributed by atoms with Gasteiger partial charge in [0, 0.05) is 38.2 Å². The van der Waals surface area contributed by atoms with Crippen molar-refractivity contribution in [3.8, 4) is 0 Å². The van der Waals surface area contributed by atoms with E-state index in [1.165, 1.54) is 31.1 Å².